The zero-order valence-corrected chi connectivity index (χ0v) is 27.5. The van der Waals surface area contributed by atoms with Gasteiger partial charge in [0.1, 0.15) is 4.88 Å². The van der Waals surface area contributed by atoms with E-state index in [1.807, 2.05) is 0 Å². The third kappa shape index (κ3) is 9.82. The van der Waals surface area contributed by atoms with E-state index in [0.717, 1.165) is 26.7 Å². The van der Waals surface area contributed by atoms with E-state index in [0.29, 0.717) is 24.2 Å². The van der Waals surface area contributed by atoms with Crippen LogP contribution < -0.4 is 16.0 Å². The molecule has 0 bridgehead atoms. The highest BCUT2D eigenvalue weighted by Gasteiger charge is 2.43. The number of hydrogen-bond donors (Lipinski definition) is 5. The van der Waals surface area contributed by atoms with Crippen LogP contribution in [0, 0.1) is 0 Å². The van der Waals surface area contributed by atoms with Gasteiger partial charge in [-0.05, 0) is 72.1 Å². The van der Waals surface area contributed by atoms with Crippen LogP contribution in [0.5, 0.6) is 0 Å². The average molecular weight is 634 g/mol. The van der Waals surface area contributed by atoms with Gasteiger partial charge in [0, 0.05) is 37.8 Å². The zero-order chi connectivity index (χ0) is 33.6. The fourth-order valence-corrected chi connectivity index (χ4v) is 5.21. The second kappa shape index (κ2) is 14.4. The second-order valence-electron chi connectivity index (χ2n) is 12.3. The Morgan fingerprint density at radius 1 is 0.886 bits per heavy atom. The molecule has 15 heteroatoms. The highest BCUT2D eigenvalue weighted by Crippen LogP contribution is 2.28. The minimum Gasteiger partial charge on any atom is -0.465 e. The lowest BCUT2D eigenvalue weighted by Crippen LogP contribution is -2.66. The van der Waals surface area contributed by atoms with E-state index in [4.69, 9.17) is 0 Å². The maximum absolute atomic E-state index is 12.9. The lowest BCUT2D eigenvalue weighted by atomic mass is 10.0. The van der Waals surface area contributed by atoms with Crippen LogP contribution in [0.25, 0.3) is 0 Å². The van der Waals surface area contributed by atoms with Crippen molar-refractivity contribution >= 4 is 52.1 Å². The number of hydrogen-bond acceptors (Lipinski definition) is 8. The summed E-state index contributed by atoms with van der Waals surface area (Å²) in [6.07, 6.45) is -2.98. The normalized spacial score (nSPS) is 11.5. The Balaban J connectivity index is 2.31. The van der Waals surface area contributed by atoms with Gasteiger partial charge < -0.3 is 31.1 Å². The number of carboxylic acid groups (broad SMARTS) is 2. The van der Waals surface area contributed by atoms with Gasteiger partial charge in [0.15, 0.2) is 11.4 Å². The number of carbonyl (C=O) groups excluding carboxylic acids is 3. The molecule has 242 valence electrons. The van der Waals surface area contributed by atoms with Crippen molar-refractivity contribution in [1.29, 1.82) is 0 Å². The number of aryl methyl sites for hydroxylation is 2. The van der Waals surface area contributed by atoms with Gasteiger partial charge in [0.25, 0.3) is 5.91 Å². The first kappa shape index (κ1) is 35.8. The Kier molecular flexibility index (Phi) is 11.7. The molecule has 2 rings (SSSR count). The molecule has 1 aromatic carbocycles. The van der Waals surface area contributed by atoms with Crippen LogP contribution in [0.3, 0.4) is 0 Å². The highest BCUT2D eigenvalue weighted by molar-refractivity contribution is 7.17. The number of carbonyl (C=O) groups is 5. The van der Waals surface area contributed by atoms with E-state index >= 15 is 0 Å². The van der Waals surface area contributed by atoms with Crippen LogP contribution in [-0.4, -0.2) is 97.8 Å². The number of nitrogens with one attached hydrogen (secondary N) is 3. The average Bonchev–Trinajstić information content (AvgIpc) is 3.26. The van der Waals surface area contributed by atoms with Crippen molar-refractivity contribution in [1.82, 2.24) is 25.0 Å². The minimum atomic E-state index is -1.28. The Labute approximate surface area is 261 Å². The molecule has 1 aromatic heterocycles. The highest BCUT2D eigenvalue weighted by atomic mass is 32.1. The van der Waals surface area contributed by atoms with E-state index in [1.165, 1.54) is 11.8 Å². The monoisotopic (exact) mass is 633 g/mol. The molecule has 1 heterocycles. The summed E-state index contributed by atoms with van der Waals surface area (Å²) in [7, 11) is 3.17. The molecule has 2 aromatic rings. The van der Waals surface area contributed by atoms with Gasteiger partial charge in [-0.2, -0.15) is 0 Å². The maximum atomic E-state index is 12.9. The molecule has 0 fully saturated rings. The topological polar surface area (TPSA) is 185 Å². The van der Waals surface area contributed by atoms with Gasteiger partial charge in [-0.1, -0.05) is 23.5 Å². The summed E-state index contributed by atoms with van der Waals surface area (Å²) in [6.45, 7) is 11.3. The van der Waals surface area contributed by atoms with Crippen LogP contribution in [0.4, 0.5) is 20.4 Å². The molecule has 0 atom stereocenters. The van der Waals surface area contributed by atoms with Crippen molar-refractivity contribution in [2.75, 3.05) is 31.3 Å². The van der Waals surface area contributed by atoms with E-state index < -0.39 is 35.5 Å². The van der Waals surface area contributed by atoms with Gasteiger partial charge in [-0.25, -0.2) is 14.6 Å². The smallest absolute Gasteiger partial charge is 0.410 e. The van der Waals surface area contributed by atoms with Crippen molar-refractivity contribution < 1.29 is 34.2 Å². The quantitative estimate of drug-likeness (QED) is 0.229. The van der Waals surface area contributed by atoms with Gasteiger partial charge in [-0.3, -0.25) is 24.2 Å². The van der Waals surface area contributed by atoms with E-state index in [-0.39, 0.29) is 28.4 Å². The summed E-state index contributed by atoms with van der Waals surface area (Å²) in [6, 6.07) is 7.05. The number of thiazole rings is 1. The molecule has 44 heavy (non-hydrogen) atoms. The Bertz CT molecular complexity index is 1330. The molecule has 0 saturated carbocycles. The molecule has 0 radical (unpaired) electrons. The number of rotatable bonds is 11. The summed E-state index contributed by atoms with van der Waals surface area (Å²) >= 11 is 1.02. The maximum Gasteiger partial charge on any atom is 0.410 e. The molecule has 5 amide bonds. The summed E-state index contributed by atoms with van der Waals surface area (Å²) in [5.41, 5.74) is -0.0459. The van der Waals surface area contributed by atoms with Crippen LogP contribution in [-0.2, 0) is 22.4 Å². The molecule has 14 nitrogen and oxygen atoms in total. The number of anilines is 2. The Hall–Kier alpha value is -4.40. The third-order valence-electron chi connectivity index (χ3n) is 6.33. The second-order valence-corrected chi connectivity index (χ2v) is 13.3. The van der Waals surface area contributed by atoms with E-state index in [2.05, 4.69) is 20.9 Å². The van der Waals surface area contributed by atoms with Crippen LogP contribution in [0.15, 0.2) is 24.3 Å². The van der Waals surface area contributed by atoms with Gasteiger partial charge in [0.2, 0.25) is 11.8 Å². The molecule has 0 saturated heterocycles. The van der Waals surface area contributed by atoms with Gasteiger partial charge in [0.05, 0.1) is 12.2 Å². The molecule has 5 N–H and O–H groups in total. The molecule has 0 aliphatic rings. The molecular weight excluding hydrogens is 590 g/mol. The standard InChI is InChI=1S/C29H43N7O7S/c1-17(37)31-24-33-20(22(44-24)23(39)30-16-21(38)34(8)9)15-12-18-10-13-19(14-11-18)32-25(35(26(40)41)28(2,3)4)36(27(42)43)29(5,6)7/h10-11,13-14,25,32H,12,15-16H2,1-9H3,(H,30,39)(H,40,41)(H,42,43)(H,31,33,37). The fourth-order valence-electron chi connectivity index (χ4n) is 4.24. The lowest BCUT2D eigenvalue weighted by molar-refractivity contribution is -0.127. The Morgan fingerprint density at radius 2 is 1.41 bits per heavy atom. The van der Waals surface area contributed by atoms with Crippen molar-refractivity contribution in [3.05, 3.63) is 40.4 Å². The first-order chi connectivity index (χ1) is 20.2. The molecule has 0 unspecified atom stereocenters. The van der Waals surface area contributed by atoms with Crippen LogP contribution >= 0.6 is 11.3 Å². The van der Waals surface area contributed by atoms with E-state index in [9.17, 15) is 34.2 Å². The van der Waals surface area contributed by atoms with Crippen molar-refractivity contribution in [2.45, 2.75) is 78.7 Å². The van der Waals surface area contributed by atoms with E-state index in [1.54, 1.807) is 79.9 Å². The van der Waals surface area contributed by atoms with Crippen LogP contribution in [0.2, 0.25) is 0 Å². The zero-order valence-electron chi connectivity index (χ0n) is 26.6. The third-order valence-corrected chi connectivity index (χ3v) is 7.34. The minimum absolute atomic E-state index is 0.183. The molecular formula is C29H43N7O7S. The number of aromatic nitrogens is 1. The van der Waals surface area contributed by atoms with Crippen molar-refractivity contribution in [3.63, 3.8) is 0 Å². The molecule has 0 aliphatic carbocycles. The van der Waals surface area contributed by atoms with Crippen molar-refractivity contribution in [3.8, 4) is 0 Å². The summed E-state index contributed by atoms with van der Waals surface area (Å²) in [5, 5.41) is 28.7. The predicted molar refractivity (Wildman–Crippen MR) is 168 cm³/mol. The van der Waals surface area contributed by atoms with Gasteiger partial charge >= 0.3 is 12.2 Å². The predicted octanol–water partition coefficient (Wildman–Crippen LogP) is 3.96. The lowest BCUT2D eigenvalue weighted by Gasteiger charge is -2.48. The summed E-state index contributed by atoms with van der Waals surface area (Å²) in [4.78, 5) is 69.3. The van der Waals surface area contributed by atoms with Gasteiger partial charge in [-0.15, -0.1) is 0 Å². The number of amides is 5. The molecule has 0 aliphatic heterocycles. The van der Waals surface area contributed by atoms with Crippen molar-refractivity contribution in [2.24, 2.45) is 0 Å². The summed E-state index contributed by atoms with van der Waals surface area (Å²) in [5.74, 6) is -1.08. The number of benzene rings is 1. The number of nitrogens with zero attached hydrogens (tertiary/aromatic N) is 4. The SMILES string of the molecule is CC(=O)Nc1nc(CCc2ccc(NC(N(C(=O)O)C(C)(C)C)N(C(=O)O)C(C)(C)C)cc2)c(C(=O)NCC(=O)N(C)C)s1. The number of likely N-dealkylation sites (N-methyl/N-ethyl adjacent to an activating group) is 1. The first-order valence-electron chi connectivity index (χ1n) is 13.9. The Morgan fingerprint density at radius 3 is 1.84 bits per heavy atom. The molecule has 0 spiro atoms. The fraction of sp³-hybridized carbons (Fsp3) is 0.517. The largest absolute Gasteiger partial charge is 0.465 e. The van der Waals surface area contributed by atoms with Crippen LogP contribution in [0.1, 0.15) is 69.4 Å². The first-order valence-corrected chi connectivity index (χ1v) is 14.7. The summed E-state index contributed by atoms with van der Waals surface area (Å²) < 4.78 is 0.